The van der Waals surface area contributed by atoms with Crippen LogP contribution in [0.2, 0.25) is 0 Å². The number of ether oxygens (including phenoxy) is 1. The highest BCUT2D eigenvalue weighted by Crippen LogP contribution is 2.35. The van der Waals surface area contributed by atoms with E-state index in [4.69, 9.17) is 0 Å². The number of amides is 1. The second kappa shape index (κ2) is 5.33. The summed E-state index contributed by atoms with van der Waals surface area (Å²) in [5.41, 5.74) is 3.15. The van der Waals surface area contributed by atoms with E-state index in [1.807, 2.05) is 25.1 Å². The summed E-state index contributed by atoms with van der Waals surface area (Å²) in [6.45, 7) is 1.99. The predicted octanol–water partition coefficient (Wildman–Crippen LogP) is 2.20. The molecule has 0 radical (unpaired) electrons. The fourth-order valence-electron chi connectivity index (χ4n) is 3.03. The summed E-state index contributed by atoms with van der Waals surface area (Å²) in [5, 5.41) is 10.1. The molecule has 1 amide bonds. The third kappa shape index (κ3) is 2.19. The molecule has 1 N–H and O–H groups in total. The molecule has 0 bridgehead atoms. The van der Waals surface area contributed by atoms with E-state index in [9.17, 15) is 14.7 Å². The summed E-state index contributed by atoms with van der Waals surface area (Å²) >= 11 is 0. The fraction of sp³-hybridized carbons (Fsp3) is 0.294. The minimum atomic E-state index is -0.573. The Kier molecular flexibility index (Phi) is 3.48. The predicted molar refractivity (Wildman–Crippen MR) is 81.6 cm³/mol. The molecule has 1 atom stereocenters. The van der Waals surface area contributed by atoms with Crippen molar-refractivity contribution in [1.82, 2.24) is 0 Å². The van der Waals surface area contributed by atoms with Crippen molar-refractivity contribution in [3.05, 3.63) is 52.8 Å². The van der Waals surface area contributed by atoms with Crippen LogP contribution in [0.5, 0.6) is 0 Å². The Balaban J connectivity index is 1.91. The molecule has 0 aromatic heterocycles. The SMILES string of the molecule is COC(=O)C1=C(O)CC(N2C(=O)Cc3c(C)cccc32)C=C1. The molecule has 0 spiro atoms. The average Bonchev–Trinajstić information content (AvgIpc) is 2.84. The summed E-state index contributed by atoms with van der Waals surface area (Å²) in [4.78, 5) is 25.6. The van der Waals surface area contributed by atoms with Crippen LogP contribution in [0.4, 0.5) is 5.69 Å². The van der Waals surface area contributed by atoms with Crippen molar-refractivity contribution in [2.75, 3.05) is 12.0 Å². The number of esters is 1. The molecule has 1 unspecified atom stereocenters. The maximum absolute atomic E-state index is 12.4. The topological polar surface area (TPSA) is 66.8 Å². The van der Waals surface area contributed by atoms with Gasteiger partial charge in [0.2, 0.25) is 5.91 Å². The highest BCUT2D eigenvalue weighted by Gasteiger charge is 2.35. The van der Waals surface area contributed by atoms with Gasteiger partial charge in [0.15, 0.2) is 0 Å². The first-order valence-electron chi connectivity index (χ1n) is 7.12. The lowest BCUT2D eigenvalue weighted by Gasteiger charge is -2.28. The Morgan fingerprint density at radius 3 is 2.86 bits per heavy atom. The molecule has 0 fully saturated rings. The Bertz CT molecular complexity index is 717. The number of nitrogens with zero attached hydrogens (tertiary/aromatic N) is 1. The van der Waals surface area contributed by atoms with E-state index < -0.39 is 5.97 Å². The number of carbonyl (C=O) groups is 2. The maximum Gasteiger partial charge on any atom is 0.341 e. The van der Waals surface area contributed by atoms with Gasteiger partial charge in [0.05, 0.1) is 25.1 Å². The lowest BCUT2D eigenvalue weighted by molar-refractivity contribution is -0.136. The van der Waals surface area contributed by atoms with Gasteiger partial charge in [0.25, 0.3) is 0 Å². The molecule has 5 heteroatoms. The molecule has 0 saturated heterocycles. The second-order valence-corrected chi connectivity index (χ2v) is 5.50. The van der Waals surface area contributed by atoms with Gasteiger partial charge >= 0.3 is 5.97 Å². The van der Waals surface area contributed by atoms with Crippen LogP contribution in [-0.2, 0) is 20.7 Å². The second-order valence-electron chi connectivity index (χ2n) is 5.50. The number of aliphatic hydroxyl groups excluding tert-OH is 1. The van der Waals surface area contributed by atoms with E-state index in [-0.39, 0.29) is 29.7 Å². The highest BCUT2D eigenvalue weighted by molar-refractivity contribution is 6.03. The molecular formula is C17H17NO4. The number of benzene rings is 1. The largest absolute Gasteiger partial charge is 0.511 e. The average molecular weight is 299 g/mol. The molecule has 22 heavy (non-hydrogen) atoms. The summed E-state index contributed by atoms with van der Waals surface area (Å²) in [7, 11) is 1.27. The Hall–Kier alpha value is -2.56. The van der Waals surface area contributed by atoms with Crippen molar-refractivity contribution in [3.8, 4) is 0 Å². The summed E-state index contributed by atoms with van der Waals surface area (Å²) < 4.78 is 4.63. The standard InChI is InChI=1S/C17H17NO4/c1-10-4-3-5-14-13(10)9-16(20)18(14)11-6-7-12(15(19)8-11)17(21)22-2/h3-7,11,19H,8-9H2,1-2H3. The normalized spacial score (nSPS) is 20.4. The lowest BCUT2D eigenvalue weighted by atomic mass is 9.99. The molecule has 1 heterocycles. The van der Waals surface area contributed by atoms with E-state index in [1.54, 1.807) is 11.0 Å². The molecular weight excluding hydrogens is 282 g/mol. The van der Waals surface area contributed by atoms with Crippen LogP contribution in [0.1, 0.15) is 17.5 Å². The van der Waals surface area contributed by atoms with Gasteiger partial charge in [-0.15, -0.1) is 0 Å². The third-order valence-electron chi connectivity index (χ3n) is 4.18. The number of rotatable bonds is 2. The third-order valence-corrected chi connectivity index (χ3v) is 4.18. The first-order chi connectivity index (χ1) is 10.5. The van der Waals surface area contributed by atoms with Crippen LogP contribution in [0.3, 0.4) is 0 Å². The highest BCUT2D eigenvalue weighted by atomic mass is 16.5. The van der Waals surface area contributed by atoms with Gasteiger partial charge in [-0.1, -0.05) is 18.2 Å². The van der Waals surface area contributed by atoms with Crippen LogP contribution in [0.25, 0.3) is 0 Å². The molecule has 114 valence electrons. The zero-order valence-corrected chi connectivity index (χ0v) is 12.5. The number of carbonyl (C=O) groups excluding carboxylic acids is 2. The number of aryl methyl sites for hydroxylation is 1. The van der Waals surface area contributed by atoms with Gasteiger partial charge in [-0.3, -0.25) is 4.79 Å². The van der Waals surface area contributed by atoms with Gasteiger partial charge in [-0.25, -0.2) is 4.79 Å². The van der Waals surface area contributed by atoms with Crippen molar-refractivity contribution in [3.63, 3.8) is 0 Å². The van der Waals surface area contributed by atoms with E-state index in [2.05, 4.69) is 4.74 Å². The number of aliphatic hydroxyl groups is 1. The van der Waals surface area contributed by atoms with Crippen LogP contribution in [-0.4, -0.2) is 30.1 Å². The number of methoxy groups -OCH3 is 1. The Morgan fingerprint density at radius 2 is 2.18 bits per heavy atom. The van der Waals surface area contributed by atoms with E-state index in [0.717, 1.165) is 16.8 Å². The minimum Gasteiger partial charge on any atom is -0.511 e. The fourth-order valence-corrected chi connectivity index (χ4v) is 3.03. The summed E-state index contributed by atoms with van der Waals surface area (Å²) in [6.07, 6.45) is 3.87. The van der Waals surface area contributed by atoms with Gasteiger partial charge in [0.1, 0.15) is 5.76 Å². The smallest absolute Gasteiger partial charge is 0.341 e. The molecule has 1 aliphatic carbocycles. The zero-order valence-electron chi connectivity index (χ0n) is 12.5. The zero-order chi connectivity index (χ0) is 15.9. The first-order valence-corrected chi connectivity index (χ1v) is 7.12. The summed E-state index contributed by atoms with van der Waals surface area (Å²) in [6, 6.07) is 5.53. The molecule has 0 saturated carbocycles. The van der Waals surface area contributed by atoms with Crippen LogP contribution < -0.4 is 4.90 Å². The van der Waals surface area contributed by atoms with Crippen molar-refractivity contribution in [1.29, 1.82) is 0 Å². The monoisotopic (exact) mass is 299 g/mol. The minimum absolute atomic E-state index is 0.00766. The molecule has 5 nitrogen and oxygen atoms in total. The number of hydrogen-bond acceptors (Lipinski definition) is 4. The Morgan fingerprint density at radius 1 is 1.41 bits per heavy atom. The number of anilines is 1. The summed E-state index contributed by atoms with van der Waals surface area (Å²) in [5.74, 6) is -0.613. The van der Waals surface area contributed by atoms with Crippen LogP contribution in [0.15, 0.2) is 41.7 Å². The molecule has 3 rings (SSSR count). The van der Waals surface area contributed by atoms with Crippen LogP contribution >= 0.6 is 0 Å². The van der Waals surface area contributed by atoms with Crippen molar-refractivity contribution in [2.24, 2.45) is 0 Å². The quantitative estimate of drug-likeness (QED) is 0.850. The van der Waals surface area contributed by atoms with E-state index >= 15 is 0 Å². The van der Waals surface area contributed by atoms with Crippen molar-refractivity contribution >= 4 is 17.6 Å². The Labute approximate surface area is 128 Å². The molecule has 1 aromatic carbocycles. The number of fused-ring (bicyclic) bond motifs is 1. The molecule has 1 aliphatic heterocycles. The molecule has 1 aromatic rings. The maximum atomic E-state index is 12.4. The van der Waals surface area contributed by atoms with E-state index in [0.29, 0.717) is 6.42 Å². The van der Waals surface area contributed by atoms with Gasteiger partial charge in [0, 0.05) is 12.1 Å². The van der Waals surface area contributed by atoms with E-state index in [1.165, 1.54) is 13.2 Å². The van der Waals surface area contributed by atoms with Crippen molar-refractivity contribution < 1.29 is 19.4 Å². The van der Waals surface area contributed by atoms with Crippen molar-refractivity contribution in [2.45, 2.75) is 25.8 Å². The van der Waals surface area contributed by atoms with Gasteiger partial charge in [-0.05, 0) is 30.2 Å². The van der Waals surface area contributed by atoms with Crippen LogP contribution in [0, 0.1) is 6.92 Å². The van der Waals surface area contributed by atoms with Gasteiger partial charge in [-0.2, -0.15) is 0 Å². The first kappa shape index (κ1) is 14.4. The molecule has 2 aliphatic rings. The van der Waals surface area contributed by atoms with Gasteiger partial charge < -0.3 is 14.7 Å². The number of hydrogen-bond donors (Lipinski definition) is 1. The lowest BCUT2D eigenvalue weighted by Crippen LogP contribution is -2.38.